The molecule has 0 heterocycles. The number of methoxy groups -OCH3 is 1. The summed E-state index contributed by atoms with van der Waals surface area (Å²) in [5.41, 5.74) is 9.14. The second-order valence-corrected chi connectivity index (χ2v) is 4.65. The van der Waals surface area contributed by atoms with Gasteiger partial charge in [-0.1, -0.05) is 23.8 Å². The SMILES string of the molecule is COCC(N)C(=O)NC(C)c1cc(C)ccc1C. The maximum atomic E-state index is 11.8. The van der Waals surface area contributed by atoms with Crippen molar-refractivity contribution in [1.29, 1.82) is 0 Å². The molecular formula is C14H22N2O2. The van der Waals surface area contributed by atoms with Crippen LogP contribution in [-0.4, -0.2) is 25.7 Å². The molecule has 1 amide bonds. The average Bonchev–Trinajstić information content (AvgIpc) is 2.32. The predicted molar refractivity (Wildman–Crippen MR) is 72.3 cm³/mol. The number of hydrogen-bond donors (Lipinski definition) is 2. The van der Waals surface area contributed by atoms with Gasteiger partial charge in [0.2, 0.25) is 5.91 Å². The maximum Gasteiger partial charge on any atom is 0.239 e. The fourth-order valence-corrected chi connectivity index (χ4v) is 1.88. The third-order valence-corrected chi connectivity index (χ3v) is 2.94. The lowest BCUT2D eigenvalue weighted by Gasteiger charge is -2.19. The molecule has 18 heavy (non-hydrogen) atoms. The number of benzene rings is 1. The van der Waals surface area contributed by atoms with E-state index in [1.165, 1.54) is 12.7 Å². The summed E-state index contributed by atoms with van der Waals surface area (Å²) >= 11 is 0. The summed E-state index contributed by atoms with van der Waals surface area (Å²) < 4.78 is 4.87. The lowest BCUT2D eigenvalue weighted by atomic mass is 10.00. The van der Waals surface area contributed by atoms with Gasteiger partial charge in [-0.15, -0.1) is 0 Å². The largest absolute Gasteiger partial charge is 0.383 e. The number of carbonyl (C=O) groups excluding carboxylic acids is 1. The summed E-state index contributed by atoms with van der Waals surface area (Å²) in [5.74, 6) is -0.190. The van der Waals surface area contributed by atoms with E-state index in [0.29, 0.717) is 0 Å². The van der Waals surface area contributed by atoms with Crippen molar-refractivity contribution in [3.8, 4) is 0 Å². The summed E-state index contributed by atoms with van der Waals surface area (Å²) in [7, 11) is 1.53. The molecule has 0 fully saturated rings. The van der Waals surface area contributed by atoms with Crippen LogP contribution in [0, 0.1) is 13.8 Å². The van der Waals surface area contributed by atoms with Crippen LogP contribution in [0.3, 0.4) is 0 Å². The number of nitrogens with two attached hydrogens (primary N) is 1. The molecular weight excluding hydrogens is 228 g/mol. The van der Waals surface area contributed by atoms with Crippen molar-refractivity contribution in [3.63, 3.8) is 0 Å². The minimum atomic E-state index is -0.623. The Labute approximate surface area is 109 Å². The van der Waals surface area contributed by atoms with E-state index >= 15 is 0 Å². The Hall–Kier alpha value is -1.39. The standard InChI is InChI=1S/C14H22N2O2/c1-9-5-6-10(2)12(7-9)11(3)16-14(17)13(15)8-18-4/h5-7,11,13H,8,15H2,1-4H3,(H,16,17). The highest BCUT2D eigenvalue weighted by molar-refractivity contribution is 5.82. The molecule has 1 rings (SSSR count). The van der Waals surface area contributed by atoms with E-state index in [4.69, 9.17) is 10.5 Å². The zero-order valence-electron chi connectivity index (χ0n) is 11.5. The zero-order valence-corrected chi connectivity index (χ0v) is 11.5. The molecule has 0 bridgehead atoms. The second-order valence-electron chi connectivity index (χ2n) is 4.65. The van der Waals surface area contributed by atoms with Crippen molar-refractivity contribution in [2.45, 2.75) is 32.9 Å². The van der Waals surface area contributed by atoms with E-state index in [9.17, 15) is 4.79 Å². The molecule has 4 nitrogen and oxygen atoms in total. The average molecular weight is 250 g/mol. The molecule has 2 unspecified atom stereocenters. The van der Waals surface area contributed by atoms with E-state index in [2.05, 4.69) is 23.5 Å². The van der Waals surface area contributed by atoms with E-state index < -0.39 is 6.04 Å². The Balaban J connectivity index is 2.73. The molecule has 4 heteroatoms. The third-order valence-electron chi connectivity index (χ3n) is 2.94. The van der Waals surface area contributed by atoms with Gasteiger partial charge in [-0.05, 0) is 31.9 Å². The smallest absolute Gasteiger partial charge is 0.239 e. The monoisotopic (exact) mass is 250 g/mol. The van der Waals surface area contributed by atoms with Gasteiger partial charge in [0.15, 0.2) is 0 Å². The molecule has 0 radical (unpaired) electrons. The van der Waals surface area contributed by atoms with Crippen molar-refractivity contribution >= 4 is 5.91 Å². The molecule has 1 aromatic rings. The highest BCUT2D eigenvalue weighted by Gasteiger charge is 2.17. The fourth-order valence-electron chi connectivity index (χ4n) is 1.88. The predicted octanol–water partition coefficient (Wildman–Crippen LogP) is 1.45. The molecule has 0 aliphatic carbocycles. The first kappa shape index (κ1) is 14.7. The number of nitrogens with one attached hydrogen (secondary N) is 1. The van der Waals surface area contributed by atoms with Crippen LogP contribution in [-0.2, 0) is 9.53 Å². The lowest BCUT2D eigenvalue weighted by molar-refractivity contribution is -0.124. The molecule has 0 saturated heterocycles. The molecule has 3 N–H and O–H groups in total. The Kier molecular flexibility index (Phi) is 5.31. The summed E-state index contributed by atoms with van der Waals surface area (Å²) in [6, 6.07) is 5.53. The molecule has 2 atom stereocenters. The van der Waals surface area contributed by atoms with Crippen LogP contribution in [0.15, 0.2) is 18.2 Å². The molecule has 1 aromatic carbocycles. The fraction of sp³-hybridized carbons (Fsp3) is 0.500. The highest BCUT2D eigenvalue weighted by atomic mass is 16.5. The molecule has 0 spiro atoms. The highest BCUT2D eigenvalue weighted by Crippen LogP contribution is 2.18. The van der Waals surface area contributed by atoms with Gasteiger partial charge in [-0.3, -0.25) is 4.79 Å². The minimum absolute atomic E-state index is 0.0553. The molecule has 0 aromatic heterocycles. The van der Waals surface area contributed by atoms with Crippen LogP contribution in [0.1, 0.15) is 29.7 Å². The lowest BCUT2D eigenvalue weighted by Crippen LogP contribution is -2.44. The Morgan fingerprint density at radius 1 is 1.44 bits per heavy atom. The number of carbonyl (C=O) groups is 1. The van der Waals surface area contributed by atoms with Gasteiger partial charge in [-0.2, -0.15) is 0 Å². The van der Waals surface area contributed by atoms with Crippen molar-refractivity contribution in [3.05, 3.63) is 34.9 Å². The number of amides is 1. The van der Waals surface area contributed by atoms with Crippen LogP contribution in [0.25, 0.3) is 0 Å². The number of aryl methyl sites for hydroxylation is 2. The second kappa shape index (κ2) is 6.52. The van der Waals surface area contributed by atoms with Crippen molar-refractivity contribution in [1.82, 2.24) is 5.32 Å². The normalized spacial score (nSPS) is 14.1. The zero-order chi connectivity index (χ0) is 13.7. The summed E-state index contributed by atoms with van der Waals surface area (Å²) in [5, 5.41) is 2.90. The van der Waals surface area contributed by atoms with Gasteiger partial charge < -0.3 is 15.8 Å². The van der Waals surface area contributed by atoms with Crippen molar-refractivity contribution in [2.75, 3.05) is 13.7 Å². The van der Waals surface area contributed by atoms with E-state index in [1.54, 1.807) is 0 Å². The topological polar surface area (TPSA) is 64.3 Å². The first-order valence-corrected chi connectivity index (χ1v) is 6.07. The molecule has 0 aliphatic rings. The minimum Gasteiger partial charge on any atom is -0.383 e. The van der Waals surface area contributed by atoms with Gasteiger partial charge in [-0.25, -0.2) is 0 Å². The van der Waals surface area contributed by atoms with Crippen LogP contribution in [0.2, 0.25) is 0 Å². The first-order chi connectivity index (χ1) is 8.45. The van der Waals surface area contributed by atoms with Crippen LogP contribution < -0.4 is 11.1 Å². The van der Waals surface area contributed by atoms with Crippen LogP contribution >= 0.6 is 0 Å². The molecule has 0 saturated carbocycles. The van der Waals surface area contributed by atoms with Gasteiger partial charge >= 0.3 is 0 Å². The summed E-state index contributed by atoms with van der Waals surface area (Å²) in [6.07, 6.45) is 0. The van der Waals surface area contributed by atoms with Gasteiger partial charge in [0.25, 0.3) is 0 Å². The molecule has 0 aliphatic heterocycles. The van der Waals surface area contributed by atoms with Crippen LogP contribution in [0.5, 0.6) is 0 Å². The van der Waals surface area contributed by atoms with E-state index in [0.717, 1.165) is 11.1 Å². The summed E-state index contributed by atoms with van der Waals surface area (Å²) in [4.78, 5) is 11.8. The number of hydrogen-bond acceptors (Lipinski definition) is 3. The Morgan fingerprint density at radius 2 is 2.11 bits per heavy atom. The van der Waals surface area contributed by atoms with E-state index in [-0.39, 0.29) is 18.6 Å². The third kappa shape index (κ3) is 3.82. The number of ether oxygens (including phenoxy) is 1. The van der Waals surface area contributed by atoms with Crippen molar-refractivity contribution in [2.24, 2.45) is 5.73 Å². The van der Waals surface area contributed by atoms with Gasteiger partial charge in [0.1, 0.15) is 6.04 Å². The van der Waals surface area contributed by atoms with Crippen molar-refractivity contribution < 1.29 is 9.53 Å². The number of rotatable bonds is 5. The molecule has 100 valence electrons. The van der Waals surface area contributed by atoms with Gasteiger partial charge in [0.05, 0.1) is 12.6 Å². The Bertz CT molecular complexity index is 418. The van der Waals surface area contributed by atoms with Crippen LogP contribution in [0.4, 0.5) is 0 Å². The maximum absolute atomic E-state index is 11.8. The first-order valence-electron chi connectivity index (χ1n) is 6.07. The quantitative estimate of drug-likeness (QED) is 0.831. The summed E-state index contributed by atoms with van der Waals surface area (Å²) in [6.45, 7) is 6.26. The Morgan fingerprint density at radius 3 is 2.72 bits per heavy atom. The van der Waals surface area contributed by atoms with E-state index in [1.807, 2.05) is 20.8 Å². The van der Waals surface area contributed by atoms with Gasteiger partial charge in [0, 0.05) is 7.11 Å².